The van der Waals surface area contributed by atoms with Gasteiger partial charge in [-0.15, -0.1) is 0 Å². The van der Waals surface area contributed by atoms with Crippen LogP contribution in [0.5, 0.6) is 0 Å². The highest BCUT2D eigenvalue weighted by molar-refractivity contribution is 5.98. The van der Waals surface area contributed by atoms with Crippen molar-refractivity contribution in [2.24, 2.45) is 29.1 Å². The molecule has 5 heteroatoms. The second-order valence-corrected chi connectivity index (χ2v) is 10.3. The van der Waals surface area contributed by atoms with Crippen LogP contribution in [0.15, 0.2) is 24.3 Å². The minimum atomic E-state index is -0.726. The Labute approximate surface area is 178 Å². The molecule has 1 atom stereocenters. The molecule has 4 aliphatic carbocycles. The molecule has 0 saturated heterocycles. The molecule has 5 rings (SSSR count). The van der Waals surface area contributed by atoms with E-state index in [4.69, 9.17) is 4.74 Å². The fourth-order valence-corrected chi connectivity index (χ4v) is 6.23. The Balaban J connectivity index is 1.37. The molecule has 1 aromatic rings. The third-order valence-corrected chi connectivity index (χ3v) is 7.45. The van der Waals surface area contributed by atoms with E-state index >= 15 is 0 Å². The molecule has 1 aromatic carbocycles. The second-order valence-electron chi connectivity index (χ2n) is 10.3. The predicted octanol–water partition coefficient (Wildman–Crippen LogP) is 4.08. The van der Waals surface area contributed by atoms with Gasteiger partial charge in [0.1, 0.15) is 6.04 Å². The van der Waals surface area contributed by atoms with Crippen molar-refractivity contribution in [3.05, 3.63) is 35.4 Å². The van der Waals surface area contributed by atoms with Crippen LogP contribution in [0.2, 0.25) is 0 Å². The molecular formula is C25H33NO4. The maximum absolute atomic E-state index is 13.3. The van der Waals surface area contributed by atoms with Crippen LogP contribution in [0, 0.1) is 36.0 Å². The Morgan fingerprint density at radius 2 is 1.53 bits per heavy atom. The van der Waals surface area contributed by atoms with Crippen molar-refractivity contribution in [1.82, 2.24) is 5.32 Å². The summed E-state index contributed by atoms with van der Waals surface area (Å²) >= 11 is 0. The highest BCUT2D eigenvalue weighted by Crippen LogP contribution is 2.60. The van der Waals surface area contributed by atoms with Crippen LogP contribution in [0.3, 0.4) is 0 Å². The first kappa shape index (κ1) is 21.1. The van der Waals surface area contributed by atoms with E-state index in [1.807, 2.05) is 32.9 Å². The van der Waals surface area contributed by atoms with Crippen molar-refractivity contribution < 1.29 is 19.1 Å². The molecule has 4 bridgehead atoms. The van der Waals surface area contributed by atoms with Gasteiger partial charge in [-0.2, -0.15) is 0 Å². The van der Waals surface area contributed by atoms with Gasteiger partial charge in [-0.3, -0.25) is 9.59 Å². The van der Waals surface area contributed by atoms with Crippen molar-refractivity contribution in [2.45, 2.75) is 65.3 Å². The largest absolute Gasteiger partial charge is 0.456 e. The van der Waals surface area contributed by atoms with E-state index in [1.165, 1.54) is 19.3 Å². The summed E-state index contributed by atoms with van der Waals surface area (Å²) in [6.45, 7) is 5.44. The van der Waals surface area contributed by atoms with Gasteiger partial charge < -0.3 is 10.1 Å². The molecule has 4 saturated carbocycles. The van der Waals surface area contributed by atoms with Gasteiger partial charge in [0.25, 0.3) is 0 Å². The van der Waals surface area contributed by atoms with Gasteiger partial charge in [0.15, 0.2) is 12.4 Å². The van der Waals surface area contributed by atoms with Crippen LogP contribution in [-0.4, -0.2) is 30.3 Å². The normalized spacial score (nSPS) is 30.2. The first-order valence-electron chi connectivity index (χ1n) is 11.3. The third kappa shape index (κ3) is 4.17. The van der Waals surface area contributed by atoms with Gasteiger partial charge >= 0.3 is 5.97 Å². The maximum Gasteiger partial charge on any atom is 0.329 e. The van der Waals surface area contributed by atoms with Crippen molar-refractivity contribution in [3.63, 3.8) is 0 Å². The van der Waals surface area contributed by atoms with Crippen molar-refractivity contribution in [1.29, 1.82) is 0 Å². The smallest absolute Gasteiger partial charge is 0.329 e. The molecule has 5 nitrogen and oxygen atoms in total. The molecule has 4 aliphatic rings. The number of amides is 1. The zero-order valence-electron chi connectivity index (χ0n) is 18.3. The van der Waals surface area contributed by atoms with Crippen molar-refractivity contribution in [3.8, 4) is 0 Å². The Hall–Kier alpha value is -2.17. The first-order chi connectivity index (χ1) is 14.3. The molecule has 1 N–H and O–H groups in total. The molecule has 0 heterocycles. The Morgan fingerprint density at radius 1 is 1.00 bits per heavy atom. The SMILES string of the molecule is Cc1ccc(C(=O)COC(=O)[C@@H](NC(=O)C23CC4CC(CC(C4)C2)C3)C(C)C)cc1. The summed E-state index contributed by atoms with van der Waals surface area (Å²) in [6, 6.07) is 6.46. The zero-order chi connectivity index (χ0) is 21.5. The van der Waals surface area contributed by atoms with Crippen LogP contribution in [0.4, 0.5) is 0 Å². The van der Waals surface area contributed by atoms with Crippen LogP contribution < -0.4 is 5.32 Å². The van der Waals surface area contributed by atoms with Gasteiger partial charge in [-0.1, -0.05) is 43.7 Å². The van der Waals surface area contributed by atoms with E-state index in [2.05, 4.69) is 5.32 Å². The summed E-state index contributed by atoms with van der Waals surface area (Å²) in [5.74, 6) is 1.14. The van der Waals surface area contributed by atoms with E-state index in [-0.39, 0.29) is 29.6 Å². The fraction of sp³-hybridized carbons (Fsp3) is 0.640. The van der Waals surface area contributed by atoms with E-state index in [0.29, 0.717) is 23.3 Å². The number of aryl methyl sites for hydroxylation is 1. The zero-order valence-corrected chi connectivity index (χ0v) is 18.3. The number of rotatable bonds is 7. The molecule has 162 valence electrons. The van der Waals surface area contributed by atoms with E-state index in [1.54, 1.807) is 12.1 Å². The number of ketones is 1. The lowest BCUT2D eigenvalue weighted by Crippen LogP contribution is -2.57. The molecular weight excluding hydrogens is 378 g/mol. The van der Waals surface area contributed by atoms with Gasteiger partial charge in [0.2, 0.25) is 5.91 Å². The Morgan fingerprint density at radius 3 is 2.03 bits per heavy atom. The molecule has 4 fully saturated rings. The van der Waals surface area contributed by atoms with Gasteiger partial charge in [0.05, 0.1) is 0 Å². The molecule has 0 radical (unpaired) electrons. The van der Waals surface area contributed by atoms with Crippen molar-refractivity contribution >= 4 is 17.7 Å². The number of Topliss-reactive ketones (excluding diaryl/α,β-unsaturated/α-hetero) is 1. The number of benzene rings is 1. The first-order valence-corrected chi connectivity index (χ1v) is 11.3. The van der Waals surface area contributed by atoms with Gasteiger partial charge in [-0.25, -0.2) is 4.79 Å². The summed E-state index contributed by atoms with van der Waals surface area (Å²) in [6.07, 6.45) is 6.67. The number of hydrogen-bond acceptors (Lipinski definition) is 4. The predicted molar refractivity (Wildman–Crippen MR) is 114 cm³/mol. The number of carbonyl (C=O) groups excluding carboxylic acids is 3. The lowest BCUT2D eigenvalue weighted by atomic mass is 9.49. The monoisotopic (exact) mass is 411 g/mol. The van der Waals surface area contributed by atoms with Crippen LogP contribution >= 0.6 is 0 Å². The lowest BCUT2D eigenvalue weighted by molar-refractivity contribution is -0.154. The Kier molecular flexibility index (Phi) is 5.73. The van der Waals surface area contributed by atoms with E-state index < -0.39 is 12.0 Å². The summed E-state index contributed by atoms with van der Waals surface area (Å²) < 4.78 is 5.33. The highest BCUT2D eigenvalue weighted by Gasteiger charge is 2.55. The molecule has 0 aliphatic heterocycles. The molecule has 30 heavy (non-hydrogen) atoms. The van der Waals surface area contributed by atoms with Crippen molar-refractivity contribution in [2.75, 3.05) is 6.61 Å². The lowest BCUT2D eigenvalue weighted by Gasteiger charge is -2.55. The number of carbonyl (C=O) groups is 3. The highest BCUT2D eigenvalue weighted by atomic mass is 16.5. The van der Waals surface area contributed by atoms with Crippen LogP contribution in [0.1, 0.15) is 68.3 Å². The van der Waals surface area contributed by atoms with E-state index in [9.17, 15) is 14.4 Å². The summed E-state index contributed by atoms with van der Waals surface area (Å²) in [4.78, 5) is 38.4. The minimum absolute atomic E-state index is 0.0158. The molecule has 0 spiro atoms. The number of esters is 1. The number of ether oxygens (including phenoxy) is 1. The van der Waals surface area contributed by atoms with Gasteiger partial charge in [-0.05, 0) is 69.1 Å². The number of hydrogen-bond donors (Lipinski definition) is 1. The minimum Gasteiger partial charge on any atom is -0.456 e. The summed E-state index contributed by atoms with van der Waals surface area (Å²) in [5, 5.41) is 3.02. The molecule has 1 amide bonds. The molecule has 0 unspecified atom stereocenters. The Bertz CT molecular complexity index is 791. The van der Waals surface area contributed by atoms with E-state index in [0.717, 1.165) is 24.8 Å². The molecule has 0 aromatic heterocycles. The number of nitrogens with one attached hydrogen (secondary N) is 1. The average Bonchev–Trinajstić information content (AvgIpc) is 2.69. The van der Waals surface area contributed by atoms with Gasteiger partial charge in [0, 0.05) is 11.0 Å². The fourth-order valence-electron chi connectivity index (χ4n) is 6.23. The second kappa shape index (κ2) is 8.16. The topological polar surface area (TPSA) is 72.5 Å². The van der Waals surface area contributed by atoms with Crippen LogP contribution in [-0.2, 0) is 14.3 Å². The third-order valence-electron chi connectivity index (χ3n) is 7.45. The maximum atomic E-state index is 13.3. The summed E-state index contributed by atoms with van der Waals surface area (Å²) in [7, 11) is 0. The quantitative estimate of drug-likeness (QED) is 0.542. The standard InChI is InChI=1S/C25H33NO4/c1-15(2)22(23(28)30-14-21(27)20-6-4-16(3)5-7-20)26-24(29)25-11-17-8-18(12-25)10-19(9-17)13-25/h4-7,15,17-19,22H,8-14H2,1-3H3,(H,26,29)/t17?,18?,19?,22-,25?/m0/s1. The van der Waals surface area contributed by atoms with Crippen LogP contribution in [0.25, 0.3) is 0 Å². The average molecular weight is 412 g/mol. The summed E-state index contributed by atoms with van der Waals surface area (Å²) in [5.41, 5.74) is 1.28.